The molecule has 0 spiro atoms. The van der Waals surface area contributed by atoms with E-state index in [1.54, 1.807) is 24.3 Å². The van der Waals surface area contributed by atoms with Crippen molar-refractivity contribution in [2.45, 2.75) is 12.5 Å². The molecule has 1 aliphatic heterocycles. The molecule has 1 heterocycles. The van der Waals surface area contributed by atoms with E-state index in [2.05, 4.69) is 16.1 Å². The molecule has 0 aliphatic carbocycles. The summed E-state index contributed by atoms with van der Waals surface area (Å²) in [6.45, 7) is 0.985. The summed E-state index contributed by atoms with van der Waals surface area (Å²) in [6.07, 6.45) is 0. The van der Waals surface area contributed by atoms with Gasteiger partial charge in [-0.3, -0.25) is 19.8 Å². The first-order chi connectivity index (χ1) is 14.2. The first-order valence-electron chi connectivity index (χ1n) is 8.89. The van der Waals surface area contributed by atoms with Crippen LogP contribution in [0.1, 0.15) is 22.8 Å². The Morgan fingerprint density at radius 2 is 1.87 bits per heavy atom. The number of nitrogens with one attached hydrogen (secondary N) is 3. The molecule has 0 saturated carbocycles. The van der Waals surface area contributed by atoms with Gasteiger partial charge in [-0.05, 0) is 42.8 Å². The number of hydrogen-bond donors (Lipinski definition) is 3. The number of hydrogen-bond acceptors (Lipinski definition) is 5. The molecule has 9 nitrogen and oxygen atoms in total. The van der Waals surface area contributed by atoms with Crippen LogP contribution in [0.5, 0.6) is 5.75 Å². The SMILES string of the molecule is COc1ccc([C@@]2(C)NC(=O)N(NC(=O)CNC(=O)c3cccc(F)c3)C2=O)cc1. The lowest BCUT2D eigenvalue weighted by molar-refractivity contribution is -0.138. The molecule has 0 radical (unpaired) electrons. The van der Waals surface area contributed by atoms with Gasteiger partial charge in [0.2, 0.25) is 0 Å². The lowest BCUT2D eigenvalue weighted by Gasteiger charge is -2.22. The summed E-state index contributed by atoms with van der Waals surface area (Å²) in [5, 5.41) is 5.39. The molecule has 1 saturated heterocycles. The monoisotopic (exact) mass is 414 g/mol. The molecule has 156 valence electrons. The molecule has 5 amide bonds. The number of urea groups is 1. The summed E-state index contributed by atoms with van der Waals surface area (Å²) in [5.74, 6) is -2.18. The fourth-order valence-corrected chi connectivity index (χ4v) is 2.92. The molecule has 10 heteroatoms. The van der Waals surface area contributed by atoms with Crippen molar-refractivity contribution >= 4 is 23.8 Å². The molecule has 2 aromatic carbocycles. The number of rotatable bonds is 6. The number of carbonyl (C=O) groups is 4. The zero-order chi connectivity index (χ0) is 21.9. The van der Waals surface area contributed by atoms with E-state index in [1.165, 1.54) is 32.2 Å². The molecule has 0 bridgehead atoms. The number of methoxy groups -OCH3 is 1. The molecule has 1 atom stereocenters. The van der Waals surface area contributed by atoms with Gasteiger partial charge in [-0.25, -0.2) is 9.18 Å². The molecule has 2 aromatic rings. The van der Waals surface area contributed by atoms with Crippen molar-refractivity contribution in [3.8, 4) is 5.75 Å². The number of carbonyl (C=O) groups excluding carboxylic acids is 4. The Balaban J connectivity index is 1.63. The van der Waals surface area contributed by atoms with E-state index < -0.39 is 41.7 Å². The van der Waals surface area contributed by atoms with Crippen molar-refractivity contribution in [3.63, 3.8) is 0 Å². The van der Waals surface area contributed by atoms with E-state index in [0.717, 1.165) is 6.07 Å². The Morgan fingerprint density at radius 3 is 2.50 bits per heavy atom. The van der Waals surface area contributed by atoms with Crippen LogP contribution < -0.4 is 20.8 Å². The number of imide groups is 1. The third kappa shape index (κ3) is 4.07. The topological polar surface area (TPSA) is 117 Å². The highest BCUT2D eigenvalue weighted by Crippen LogP contribution is 2.29. The predicted octanol–water partition coefficient (Wildman–Crippen LogP) is 1.06. The highest BCUT2D eigenvalue weighted by molar-refractivity contribution is 6.08. The third-order valence-electron chi connectivity index (χ3n) is 4.59. The van der Waals surface area contributed by atoms with Crippen LogP contribution in [0.2, 0.25) is 0 Å². The van der Waals surface area contributed by atoms with E-state index in [0.29, 0.717) is 16.3 Å². The first kappa shape index (κ1) is 20.8. The second-order valence-corrected chi connectivity index (χ2v) is 6.65. The smallest absolute Gasteiger partial charge is 0.344 e. The summed E-state index contributed by atoms with van der Waals surface area (Å²) in [5.41, 5.74) is 1.31. The van der Waals surface area contributed by atoms with Crippen molar-refractivity contribution in [1.82, 2.24) is 21.1 Å². The zero-order valence-electron chi connectivity index (χ0n) is 16.2. The van der Waals surface area contributed by atoms with Crippen molar-refractivity contribution in [2.24, 2.45) is 0 Å². The number of nitrogens with zero attached hydrogens (tertiary/aromatic N) is 1. The van der Waals surface area contributed by atoms with Crippen molar-refractivity contribution in [1.29, 1.82) is 0 Å². The Morgan fingerprint density at radius 1 is 1.17 bits per heavy atom. The predicted molar refractivity (Wildman–Crippen MR) is 103 cm³/mol. The minimum Gasteiger partial charge on any atom is -0.497 e. The highest BCUT2D eigenvalue weighted by atomic mass is 19.1. The molecule has 0 aromatic heterocycles. The van der Waals surface area contributed by atoms with Gasteiger partial charge in [0.25, 0.3) is 17.7 Å². The van der Waals surface area contributed by atoms with Gasteiger partial charge in [-0.1, -0.05) is 18.2 Å². The fraction of sp³-hybridized carbons (Fsp3) is 0.200. The van der Waals surface area contributed by atoms with Crippen LogP contribution in [-0.2, 0) is 15.1 Å². The van der Waals surface area contributed by atoms with Gasteiger partial charge in [0.05, 0.1) is 13.7 Å². The maximum atomic E-state index is 13.2. The molecule has 3 rings (SSSR count). The lowest BCUT2D eigenvalue weighted by Crippen LogP contribution is -2.50. The summed E-state index contributed by atoms with van der Waals surface area (Å²) in [6, 6.07) is 10.7. The number of benzene rings is 2. The Labute approximate surface area is 171 Å². The van der Waals surface area contributed by atoms with E-state index in [9.17, 15) is 23.6 Å². The second-order valence-electron chi connectivity index (χ2n) is 6.65. The molecule has 30 heavy (non-hydrogen) atoms. The van der Waals surface area contributed by atoms with Gasteiger partial charge in [-0.15, -0.1) is 0 Å². The average molecular weight is 414 g/mol. The van der Waals surface area contributed by atoms with Crippen LogP contribution in [0.3, 0.4) is 0 Å². The number of ether oxygens (including phenoxy) is 1. The molecule has 1 aliphatic rings. The van der Waals surface area contributed by atoms with E-state index in [4.69, 9.17) is 4.74 Å². The van der Waals surface area contributed by atoms with Crippen molar-refractivity contribution in [2.75, 3.05) is 13.7 Å². The molecule has 0 unspecified atom stereocenters. The zero-order valence-corrected chi connectivity index (χ0v) is 16.2. The van der Waals surface area contributed by atoms with Gasteiger partial charge in [0.15, 0.2) is 0 Å². The van der Waals surface area contributed by atoms with E-state index in [-0.39, 0.29) is 5.56 Å². The van der Waals surface area contributed by atoms with Crippen LogP contribution in [0.25, 0.3) is 0 Å². The van der Waals surface area contributed by atoms with E-state index in [1.807, 2.05) is 0 Å². The summed E-state index contributed by atoms with van der Waals surface area (Å²) in [7, 11) is 1.50. The van der Waals surface area contributed by atoms with Crippen LogP contribution in [0.4, 0.5) is 9.18 Å². The second kappa shape index (κ2) is 8.19. The standard InChI is InChI=1S/C20H19FN4O5/c1-20(13-6-8-15(30-2)9-7-13)18(28)25(19(29)23-20)24-16(26)11-22-17(27)12-4-3-5-14(21)10-12/h3-10H,11H2,1-2H3,(H,22,27)(H,23,29)(H,24,26)/t20-/m1/s1. The molecular formula is C20H19FN4O5. The first-order valence-corrected chi connectivity index (χ1v) is 8.89. The van der Waals surface area contributed by atoms with Gasteiger partial charge >= 0.3 is 6.03 Å². The fourth-order valence-electron chi connectivity index (χ4n) is 2.92. The number of amides is 5. The third-order valence-corrected chi connectivity index (χ3v) is 4.59. The van der Waals surface area contributed by atoms with Crippen LogP contribution in [-0.4, -0.2) is 42.4 Å². The molecular weight excluding hydrogens is 395 g/mol. The van der Waals surface area contributed by atoms with Crippen LogP contribution in [0, 0.1) is 5.82 Å². The van der Waals surface area contributed by atoms with Crippen LogP contribution >= 0.6 is 0 Å². The minimum atomic E-state index is -1.39. The van der Waals surface area contributed by atoms with Crippen LogP contribution in [0.15, 0.2) is 48.5 Å². The lowest BCUT2D eigenvalue weighted by atomic mass is 9.92. The van der Waals surface area contributed by atoms with Gasteiger partial charge < -0.3 is 15.4 Å². The summed E-state index contributed by atoms with van der Waals surface area (Å²) >= 11 is 0. The van der Waals surface area contributed by atoms with Gasteiger partial charge in [-0.2, -0.15) is 5.01 Å². The quantitative estimate of drug-likeness (QED) is 0.611. The Kier molecular flexibility index (Phi) is 5.67. The average Bonchev–Trinajstić information content (AvgIpc) is 2.96. The molecule has 1 fully saturated rings. The van der Waals surface area contributed by atoms with Crippen molar-refractivity contribution < 1.29 is 28.3 Å². The van der Waals surface area contributed by atoms with E-state index >= 15 is 0 Å². The molecule has 3 N–H and O–H groups in total. The normalized spacial score (nSPS) is 18.0. The number of halogens is 1. The Hall–Kier alpha value is -3.95. The Bertz CT molecular complexity index is 1010. The van der Waals surface area contributed by atoms with Gasteiger partial charge in [0.1, 0.15) is 17.1 Å². The minimum absolute atomic E-state index is 0.0323. The summed E-state index contributed by atoms with van der Waals surface area (Å²) in [4.78, 5) is 49.2. The maximum Gasteiger partial charge on any atom is 0.344 e. The maximum absolute atomic E-state index is 13.2. The number of hydrazine groups is 1. The summed E-state index contributed by atoms with van der Waals surface area (Å²) < 4.78 is 18.3. The van der Waals surface area contributed by atoms with Crippen molar-refractivity contribution in [3.05, 3.63) is 65.5 Å². The van der Waals surface area contributed by atoms with Gasteiger partial charge in [0, 0.05) is 5.56 Å². The largest absolute Gasteiger partial charge is 0.497 e. The highest BCUT2D eigenvalue weighted by Gasteiger charge is 2.50.